The molecule has 5 heteroatoms. The van der Waals surface area contributed by atoms with Crippen molar-refractivity contribution in [3.05, 3.63) is 65.2 Å². The number of amides is 2. The Kier molecular flexibility index (Phi) is 8.10. The number of piperidine rings is 1. The molecule has 0 bridgehead atoms. The van der Waals surface area contributed by atoms with E-state index in [0.717, 1.165) is 24.2 Å². The summed E-state index contributed by atoms with van der Waals surface area (Å²) in [5.41, 5.74) is 3.03. The number of aryl methyl sites for hydroxylation is 1. The van der Waals surface area contributed by atoms with E-state index in [1.807, 2.05) is 60.4 Å². The summed E-state index contributed by atoms with van der Waals surface area (Å²) in [6, 6.07) is 15.8. The zero-order chi connectivity index (χ0) is 22.2. The molecule has 0 spiro atoms. The highest BCUT2D eigenvalue weighted by atomic mass is 16.5. The lowest BCUT2D eigenvalue weighted by molar-refractivity contribution is -0.132. The summed E-state index contributed by atoms with van der Waals surface area (Å²) >= 11 is 0. The number of carbonyl (C=O) groups excluding carboxylic acids is 2. The van der Waals surface area contributed by atoms with Crippen LogP contribution in [-0.2, 0) is 4.79 Å². The normalized spacial score (nSPS) is 14.5. The quantitative estimate of drug-likeness (QED) is 0.628. The van der Waals surface area contributed by atoms with E-state index in [4.69, 9.17) is 4.74 Å². The Labute approximate surface area is 185 Å². The zero-order valence-corrected chi connectivity index (χ0v) is 18.9. The van der Waals surface area contributed by atoms with Crippen molar-refractivity contribution >= 4 is 11.8 Å². The number of nitrogens with one attached hydrogen (secondary N) is 1. The topological polar surface area (TPSA) is 58.6 Å². The minimum Gasteiger partial charge on any atom is -0.493 e. The van der Waals surface area contributed by atoms with Gasteiger partial charge in [-0.2, -0.15) is 0 Å². The molecule has 1 heterocycles. The van der Waals surface area contributed by atoms with Crippen molar-refractivity contribution in [2.45, 2.75) is 58.4 Å². The Morgan fingerprint density at radius 2 is 1.74 bits per heavy atom. The number of ether oxygens (including phenoxy) is 1. The first kappa shape index (κ1) is 22.9. The smallest absolute Gasteiger partial charge is 0.251 e. The molecule has 3 rings (SSSR count). The molecule has 2 amide bonds. The highest BCUT2D eigenvalue weighted by molar-refractivity contribution is 5.94. The summed E-state index contributed by atoms with van der Waals surface area (Å²) < 4.78 is 5.78. The molecular formula is C26H34N2O3. The van der Waals surface area contributed by atoms with Crippen molar-refractivity contribution < 1.29 is 14.3 Å². The molecule has 31 heavy (non-hydrogen) atoms. The molecule has 2 aromatic carbocycles. The van der Waals surface area contributed by atoms with Crippen molar-refractivity contribution in [2.24, 2.45) is 0 Å². The van der Waals surface area contributed by atoms with Crippen LogP contribution in [0.4, 0.5) is 0 Å². The standard InChI is InChI=1S/C26H34N2O3/c1-19(2)21-10-12-22(13-11-21)26(30)27-23-14-16-28(17-15-23)25(29)9-6-18-31-24-8-5-4-7-20(24)3/h4-5,7-8,10-13,19,23H,6,9,14-18H2,1-3H3,(H,27,30). The summed E-state index contributed by atoms with van der Waals surface area (Å²) in [4.78, 5) is 26.9. The fourth-order valence-electron chi connectivity index (χ4n) is 3.84. The van der Waals surface area contributed by atoms with Crippen LogP contribution in [0.5, 0.6) is 5.75 Å². The molecule has 1 aliphatic rings. The van der Waals surface area contributed by atoms with E-state index >= 15 is 0 Å². The van der Waals surface area contributed by atoms with E-state index in [0.29, 0.717) is 44.0 Å². The van der Waals surface area contributed by atoms with Gasteiger partial charge in [-0.3, -0.25) is 9.59 Å². The summed E-state index contributed by atoms with van der Waals surface area (Å²) in [6.07, 6.45) is 2.78. The number of rotatable bonds is 8. The maximum Gasteiger partial charge on any atom is 0.251 e. The fraction of sp³-hybridized carbons (Fsp3) is 0.462. The minimum absolute atomic E-state index is 0.0339. The van der Waals surface area contributed by atoms with Crippen molar-refractivity contribution in [1.82, 2.24) is 10.2 Å². The highest BCUT2D eigenvalue weighted by Crippen LogP contribution is 2.18. The number of para-hydroxylation sites is 1. The van der Waals surface area contributed by atoms with Gasteiger partial charge < -0.3 is 15.0 Å². The average Bonchev–Trinajstić information content (AvgIpc) is 2.78. The van der Waals surface area contributed by atoms with Crippen molar-refractivity contribution in [1.29, 1.82) is 0 Å². The summed E-state index contributed by atoms with van der Waals surface area (Å²) in [6.45, 7) is 8.22. The Morgan fingerprint density at radius 3 is 2.39 bits per heavy atom. The molecule has 2 aromatic rings. The van der Waals surface area contributed by atoms with Gasteiger partial charge in [0.05, 0.1) is 6.61 Å². The highest BCUT2D eigenvalue weighted by Gasteiger charge is 2.24. The number of hydrogen-bond donors (Lipinski definition) is 1. The molecule has 1 aliphatic heterocycles. The van der Waals surface area contributed by atoms with E-state index in [1.54, 1.807) is 0 Å². The molecule has 0 saturated carbocycles. The lowest BCUT2D eigenvalue weighted by Gasteiger charge is -2.32. The molecule has 0 radical (unpaired) electrons. The summed E-state index contributed by atoms with van der Waals surface area (Å²) in [7, 11) is 0. The SMILES string of the molecule is Cc1ccccc1OCCCC(=O)N1CCC(NC(=O)c2ccc(C(C)C)cc2)CC1. The van der Waals surface area contributed by atoms with Crippen LogP contribution >= 0.6 is 0 Å². The predicted molar refractivity (Wildman–Crippen MR) is 124 cm³/mol. The van der Waals surface area contributed by atoms with E-state index in [1.165, 1.54) is 5.56 Å². The van der Waals surface area contributed by atoms with E-state index in [9.17, 15) is 9.59 Å². The first-order valence-electron chi connectivity index (χ1n) is 11.3. The van der Waals surface area contributed by atoms with Gasteiger partial charge in [0.25, 0.3) is 5.91 Å². The van der Waals surface area contributed by atoms with Crippen LogP contribution in [0.1, 0.15) is 66.9 Å². The molecule has 166 valence electrons. The van der Waals surface area contributed by atoms with Crippen LogP contribution in [0.2, 0.25) is 0 Å². The zero-order valence-electron chi connectivity index (χ0n) is 18.9. The van der Waals surface area contributed by atoms with Gasteiger partial charge in [0.1, 0.15) is 5.75 Å². The third kappa shape index (κ3) is 6.58. The van der Waals surface area contributed by atoms with E-state index in [2.05, 4.69) is 19.2 Å². The second-order valence-corrected chi connectivity index (χ2v) is 8.62. The number of likely N-dealkylation sites (tertiary alicyclic amines) is 1. The molecule has 0 unspecified atom stereocenters. The Bertz CT molecular complexity index is 868. The maximum absolute atomic E-state index is 12.5. The van der Waals surface area contributed by atoms with Crippen LogP contribution in [0.3, 0.4) is 0 Å². The Balaban J connectivity index is 1.36. The van der Waals surface area contributed by atoms with E-state index < -0.39 is 0 Å². The van der Waals surface area contributed by atoms with Gasteiger partial charge >= 0.3 is 0 Å². The van der Waals surface area contributed by atoms with Crippen molar-refractivity contribution in [2.75, 3.05) is 19.7 Å². The monoisotopic (exact) mass is 422 g/mol. The molecule has 1 saturated heterocycles. The molecule has 1 N–H and O–H groups in total. The largest absolute Gasteiger partial charge is 0.493 e. The van der Waals surface area contributed by atoms with Gasteiger partial charge in [0.2, 0.25) is 5.91 Å². The first-order valence-corrected chi connectivity index (χ1v) is 11.3. The Hall–Kier alpha value is -2.82. The number of hydrogen-bond acceptors (Lipinski definition) is 3. The molecule has 0 aromatic heterocycles. The molecule has 5 nitrogen and oxygen atoms in total. The molecule has 1 fully saturated rings. The first-order chi connectivity index (χ1) is 14.9. The van der Waals surface area contributed by atoms with Gasteiger partial charge in [-0.05, 0) is 61.4 Å². The van der Waals surface area contributed by atoms with Crippen LogP contribution in [0.15, 0.2) is 48.5 Å². The lowest BCUT2D eigenvalue weighted by atomic mass is 10.0. The summed E-state index contributed by atoms with van der Waals surface area (Å²) in [5.74, 6) is 1.47. The molecular weight excluding hydrogens is 388 g/mol. The number of carbonyl (C=O) groups is 2. The fourth-order valence-corrected chi connectivity index (χ4v) is 3.84. The lowest BCUT2D eigenvalue weighted by Crippen LogP contribution is -2.46. The van der Waals surface area contributed by atoms with E-state index in [-0.39, 0.29) is 17.9 Å². The predicted octanol–water partition coefficient (Wildman–Crippen LogP) is 4.70. The van der Waals surface area contributed by atoms with Crippen molar-refractivity contribution in [3.63, 3.8) is 0 Å². The molecule has 0 atom stereocenters. The summed E-state index contributed by atoms with van der Waals surface area (Å²) in [5, 5.41) is 3.12. The molecule has 0 aliphatic carbocycles. The third-order valence-electron chi connectivity index (χ3n) is 5.91. The second kappa shape index (κ2) is 11.0. The average molecular weight is 423 g/mol. The number of nitrogens with zero attached hydrogens (tertiary/aromatic N) is 1. The Morgan fingerprint density at radius 1 is 1.06 bits per heavy atom. The van der Waals surface area contributed by atoms with Crippen LogP contribution in [-0.4, -0.2) is 42.5 Å². The van der Waals surface area contributed by atoms with Gasteiger partial charge in [-0.1, -0.05) is 44.2 Å². The van der Waals surface area contributed by atoms with Gasteiger partial charge in [-0.25, -0.2) is 0 Å². The maximum atomic E-state index is 12.5. The van der Waals surface area contributed by atoms with Crippen molar-refractivity contribution in [3.8, 4) is 5.75 Å². The van der Waals surface area contributed by atoms with Crippen LogP contribution in [0.25, 0.3) is 0 Å². The van der Waals surface area contributed by atoms with Crippen LogP contribution < -0.4 is 10.1 Å². The van der Waals surface area contributed by atoms with Gasteiger partial charge in [0, 0.05) is 31.1 Å². The number of benzene rings is 2. The third-order valence-corrected chi connectivity index (χ3v) is 5.91. The minimum atomic E-state index is -0.0339. The van der Waals surface area contributed by atoms with Gasteiger partial charge in [0.15, 0.2) is 0 Å². The van der Waals surface area contributed by atoms with Gasteiger partial charge in [-0.15, -0.1) is 0 Å². The second-order valence-electron chi connectivity index (χ2n) is 8.62. The van der Waals surface area contributed by atoms with Crippen LogP contribution in [0, 0.1) is 6.92 Å².